The Bertz CT molecular complexity index is 567. The van der Waals surface area contributed by atoms with Gasteiger partial charge < -0.3 is 4.74 Å². The lowest BCUT2D eigenvalue weighted by Gasteiger charge is -2.36. The van der Waals surface area contributed by atoms with Crippen LogP contribution < -0.4 is 0 Å². The molecule has 1 aliphatic rings. The van der Waals surface area contributed by atoms with Crippen molar-refractivity contribution in [3.63, 3.8) is 0 Å². The van der Waals surface area contributed by atoms with E-state index in [0.717, 1.165) is 6.42 Å². The van der Waals surface area contributed by atoms with Gasteiger partial charge in [-0.2, -0.15) is 0 Å². The fourth-order valence-electron chi connectivity index (χ4n) is 3.10. The number of allylic oxidation sites excluding steroid dienone is 3. The second kappa shape index (κ2) is 6.95. The third-order valence-corrected chi connectivity index (χ3v) is 4.46. The average Bonchev–Trinajstić information content (AvgIpc) is 2.47. The van der Waals surface area contributed by atoms with Crippen LogP contribution in [0, 0.1) is 11.3 Å². The Labute approximate surface area is 133 Å². The molecule has 0 saturated heterocycles. The van der Waals surface area contributed by atoms with Gasteiger partial charge in [-0.3, -0.25) is 0 Å². The summed E-state index contributed by atoms with van der Waals surface area (Å²) >= 11 is 0. The SMILES string of the molecule is CC1=CCCC(C)(C)[C@@H]1/C=C/C(C)OC(=O)c1ccccc1. The number of rotatable bonds is 4. The van der Waals surface area contributed by atoms with Crippen LogP contribution in [0.15, 0.2) is 54.1 Å². The van der Waals surface area contributed by atoms with Crippen molar-refractivity contribution < 1.29 is 9.53 Å². The first-order valence-corrected chi connectivity index (χ1v) is 8.01. The molecule has 22 heavy (non-hydrogen) atoms. The highest BCUT2D eigenvalue weighted by Crippen LogP contribution is 2.41. The lowest BCUT2D eigenvalue weighted by atomic mass is 9.68. The third-order valence-electron chi connectivity index (χ3n) is 4.46. The van der Waals surface area contributed by atoms with Gasteiger partial charge in [-0.05, 0) is 50.3 Å². The van der Waals surface area contributed by atoms with Gasteiger partial charge in [-0.1, -0.05) is 49.8 Å². The van der Waals surface area contributed by atoms with Crippen LogP contribution >= 0.6 is 0 Å². The van der Waals surface area contributed by atoms with Crippen LogP contribution in [0.5, 0.6) is 0 Å². The van der Waals surface area contributed by atoms with Gasteiger partial charge in [0.15, 0.2) is 0 Å². The average molecular weight is 298 g/mol. The molecule has 0 N–H and O–H groups in total. The molecule has 0 aromatic heterocycles. The first kappa shape index (κ1) is 16.5. The number of carbonyl (C=O) groups excluding carboxylic acids is 1. The molecule has 2 atom stereocenters. The maximum absolute atomic E-state index is 12.0. The Balaban J connectivity index is 1.99. The lowest BCUT2D eigenvalue weighted by molar-refractivity contribution is 0.0423. The van der Waals surface area contributed by atoms with Crippen molar-refractivity contribution in [1.29, 1.82) is 0 Å². The molecule has 0 radical (unpaired) electrons. The van der Waals surface area contributed by atoms with Crippen LogP contribution in [-0.2, 0) is 4.74 Å². The van der Waals surface area contributed by atoms with Crippen LogP contribution in [0.4, 0.5) is 0 Å². The first-order valence-electron chi connectivity index (χ1n) is 8.01. The molecule has 0 heterocycles. The summed E-state index contributed by atoms with van der Waals surface area (Å²) < 4.78 is 5.49. The topological polar surface area (TPSA) is 26.3 Å². The Kier molecular flexibility index (Phi) is 5.23. The van der Waals surface area contributed by atoms with Gasteiger partial charge in [0.05, 0.1) is 5.56 Å². The van der Waals surface area contributed by atoms with E-state index in [4.69, 9.17) is 4.74 Å². The number of carbonyl (C=O) groups is 1. The Hall–Kier alpha value is -1.83. The minimum atomic E-state index is -0.270. The van der Waals surface area contributed by atoms with Crippen molar-refractivity contribution >= 4 is 5.97 Å². The summed E-state index contributed by atoms with van der Waals surface area (Å²) in [5, 5.41) is 0. The summed E-state index contributed by atoms with van der Waals surface area (Å²) in [5.74, 6) is 0.145. The molecule has 2 nitrogen and oxygen atoms in total. The van der Waals surface area contributed by atoms with E-state index in [1.807, 2.05) is 31.2 Å². The molecule has 1 aliphatic carbocycles. The maximum atomic E-state index is 12.0. The molecule has 118 valence electrons. The molecule has 1 aromatic carbocycles. The smallest absolute Gasteiger partial charge is 0.338 e. The van der Waals surface area contributed by atoms with Crippen molar-refractivity contribution in [1.82, 2.24) is 0 Å². The van der Waals surface area contributed by atoms with Gasteiger partial charge in [0.2, 0.25) is 0 Å². The fourth-order valence-corrected chi connectivity index (χ4v) is 3.10. The quantitative estimate of drug-likeness (QED) is 0.566. The van der Waals surface area contributed by atoms with Crippen molar-refractivity contribution in [2.45, 2.75) is 46.6 Å². The van der Waals surface area contributed by atoms with E-state index in [-0.39, 0.29) is 17.5 Å². The molecule has 0 amide bonds. The van der Waals surface area contributed by atoms with Gasteiger partial charge >= 0.3 is 5.97 Å². The van der Waals surface area contributed by atoms with Crippen molar-refractivity contribution in [2.24, 2.45) is 11.3 Å². The second-order valence-corrected chi connectivity index (χ2v) is 6.81. The molecule has 1 aromatic rings. The summed E-state index contributed by atoms with van der Waals surface area (Å²) in [6, 6.07) is 9.12. The van der Waals surface area contributed by atoms with E-state index >= 15 is 0 Å². The monoisotopic (exact) mass is 298 g/mol. The van der Waals surface area contributed by atoms with Crippen LogP contribution in [0.2, 0.25) is 0 Å². The molecule has 1 unspecified atom stereocenters. The van der Waals surface area contributed by atoms with Gasteiger partial charge in [-0.15, -0.1) is 0 Å². The number of hydrogen-bond donors (Lipinski definition) is 0. The molecule has 0 spiro atoms. The Morgan fingerprint density at radius 1 is 1.32 bits per heavy atom. The van der Waals surface area contributed by atoms with Crippen LogP contribution in [-0.4, -0.2) is 12.1 Å². The van der Waals surface area contributed by atoms with Crippen LogP contribution in [0.1, 0.15) is 50.9 Å². The van der Waals surface area contributed by atoms with Crippen LogP contribution in [0.25, 0.3) is 0 Å². The lowest BCUT2D eigenvalue weighted by Crippen LogP contribution is -2.26. The molecule has 2 rings (SSSR count). The predicted octanol–water partition coefficient (Wildman–Crippen LogP) is 5.17. The fraction of sp³-hybridized carbons (Fsp3) is 0.450. The normalized spacial score (nSPS) is 22.2. The zero-order chi connectivity index (χ0) is 16.2. The van der Waals surface area contributed by atoms with E-state index in [1.165, 1.54) is 12.0 Å². The highest BCUT2D eigenvalue weighted by atomic mass is 16.5. The molecule has 0 bridgehead atoms. The van der Waals surface area contributed by atoms with E-state index in [2.05, 4.69) is 32.9 Å². The van der Waals surface area contributed by atoms with Crippen molar-refractivity contribution in [2.75, 3.05) is 0 Å². The summed E-state index contributed by atoms with van der Waals surface area (Å²) in [6.07, 6.45) is 8.66. The van der Waals surface area contributed by atoms with Gasteiger partial charge in [0, 0.05) is 5.92 Å². The molecule has 0 fully saturated rings. The first-order chi connectivity index (χ1) is 10.4. The number of esters is 1. The minimum absolute atomic E-state index is 0.224. The van der Waals surface area contributed by atoms with E-state index in [9.17, 15) is 4.79 Å². The highest BCUT2D eigenvalue weighted by molar-refractivity contribution is 5.89. The van der Waals surface area contributed by atoms with Crippen molar-refractivity contribution in [3.05, 3.63) is 59.7 Å². The third kappa shape index (κ3) is 4.09. The van der Waals surface area contributed by atoms with Crippen molar-refractivity contribution in [3.8, 4) is 0 Å². The summed E-state index contributed by atoms with van der Waals surface area (Å²) in [5.41, 5.74) is 2.27. The largest absolute Gasteiger partial charge is 0.455 e. The minimum Gasteiger partial charge on any atom is -0.455 e. The molecule has 2 heteroatoms. The predicted molar refractivity (Wildman–Crippen MR) is 90.7 cm³/mol. The van der Waals surface area contributed by atoms with Crippen LogP contribution in [0.3, 0.4) is 0 Å². The molecule has 0 aliphatic heterocycles. The van der Waals surface area contributed by atoms with E-state index in [1.54, 1.807) is 12.1 Å². The molecular weight excluding hydrogens is 272 g/mol. The zero-order valence-corrected chi connectivity index (χ0v) is 14.0. The number of ether oxygens (including phenoxy) is 1. The molecular formula is C20H26O2. The highest BCUT2D eigenvalue weighted by Gasteiger charge is 2.30. The molecule has 0 saturated carbocycles. The zero-order valence-electron chi connectivity index (χ0n) is 14.0. The van der Waals surface area contributed by atoms with E-state index < -0.39 is 0 Å². The summed E-state index contributed by atoms with van der Waals surface area (Å²) in [4.78, 5) is 12.0. The van der Waals surface area contributed by atoms with Gasteiger partial charge in [0.25, 0.3) is 0 Å². The summed E-state index contributed by atoms with van der Waals surface area (Å²) in [7, 11) is 0. The second-order valence-electron chi connectivity index (χ2n) is 6.81. The standard InChI is InChI=1S/C20H26O2/c1-15-9-8-14-20(3,4)18(15)13-12-16(2)22-19(21)17-10-6-5-7-11-17/h5-7,9-13,16,18H,8,14H2,1-4H3/b13-12+/t16?,18-/m1/s1. The number of benzene rings is 1. The Morgan fingerprint density at radius 3 is 2.64 bits per heavy atom. The summed E-state index contributed by atoms with van der Waals surface area (Å²) in [6.45, 7) is 8.71. The Morgan fingerprint density at radius 2 is 2.00 bits per heavy atom. The van der Waals surface area contributed by atoms with Gasteiger partial charge in [-0.25, -0.2) is 4.79 Å². The van der Waals surface area contributed by atoms with Gasteiger partial charge in [0.1, 0.15) is 6.10 Å². The number of hydrogen-bond acceptors (Lipinski definition) is 2. The van der Waals surface area contributed by atoms with E-state index in [0.29, 0.717) is 11.5 Å². The maximum Gasteiger partial charge on any atom is 0.338 e.